The summed E-state index contributed by atoms with van der Waals surface area (Å²) in [6.45, 7) is 0. The summed E-state index contributed by atoms with van der Waals surface area (Å²) in [6.07, 6.45) is 1.58. The second kappa shape index (κ2) is 8.53. The fraction of sp³-hybridized carbons (Fsp3) is 0. The Morgan fingerprint density at radius 1 is 0.867 bits per heavy atom. The number of rotatable bonds is 3. The minimum atomic E-state index is -0.532. The van der Waals surface area contributed by atoms with Gasteiger partial charge < -0.3 is 0 Å². The van der Waals surface area contributed by atoms with Crippen LogP contribution in [-0.2, 0) is 4.79 Å². The van der Waals surface area contributed by atoms with Gasteiger partial charge in [-0.05, 0) is 29.8 Å². The number of benzene rings is 3. The van der Waals surface area contributed by atoms with Crippen LogP contribution in [0.5, 0.6) is 0 Å². The Kier molecular flexibility index (Phi) is 5.65. The predicted molar refractivity (Wildman–Crippen MR) is 118 cm³/mol. The Labute approximate surface area is 183 Å². The van der Waals surface area contributed by atoms with Crippen LogP contribution in [0.3, 0.4) is 0 Å². The Hall–Kier alpha value is -3.41. The van der Waals surface area contributed by atoms with Crippen molar-refractivity contribution in [2.45, 2.75) is 0 Å². The maximum Gasteiger partial charge on any atom is 0.288 e. The van der Waals surface area contributed by atoms with Crippen molar-refractivity contribution in [2.75, 3.05) is 0 Å². The van der Waals surface area contributed by atoms with Gasteiger partial charge in [-0.25, -0.2) is 4.99 Å². The lowest BCUT2D eigenvalue weighted by molar-refractivity contribution is -0.120. The molecule has 5 nitrogen and oxygen atoms in total. The van der Waals surface area contributed by atoms with Crippen LogP contribution in [0.2, 0.25) is 10.0 Å². The summed E-state index contributed by atoms with van der Waals surface area (Å²) in [6, 6.07) is 22.9. The SMILES string of the molecule is O=C1NN(C(=O)c2ccccc2Cl)C(c2ccccc2)=N/C1=C/c1ccccc1Cl. The van der Waals surface area contributed by atoms with E-state index in [1.165, 1.54) is 0 Å². The van der Waals surface area contributed by atoms with Gasteiger partial charge >= 0.3 is 0 Å². The van der Waals surface area contributed by atoms with E-state index >= 15 is 0 Å². The molecule has 0 saturated heterocycles. The van der Waals surface area contributed by atoms with E-state index in [9.17, 15) is 9.59 Å². The average molecular weight is 436 g/mol. The molecule has 1 aliphatic rings. The summed E-state index contributed by atoms with van der Waals surface area (Å²) in [5.74, 6) is -0.748. The summed E-state index contributed by atoms with van der Waals surface area (Å²) in [5, 5.41) is 1.88. The van der Waals surface area contributed by atoms with Gasteiger partial charge in [-0.15, -0.1) is 0 Å². The van der Waals surface area contributed by atoms with Gasteiger partial charge in [0.2, 0.25) is 0 Å². The van der Waals surface area contributed by atoms with Crippen LogP contribution in [0.15, 0.2) is 89.6 Å². The number of aliphatic imine (C=N–C) groups is 1. The minimum absolute atomic E-state index is 0.130. The van der Waals surface area contributed by atoms with E-state index in [1.807, 2.05) is 24.3 Å². The molecule has 0 spiro atoms. The molecule has 1 N–H and O–H groups in total. The minimum Gasteiger partial charge on any atom is -0.267 e. The molecular formula is C23H15Cl2N3O2. The van der Waals surface area contributed by atoms with Crippen LogP contribution in [0.1, 0.15) is 21.5 Å². The summed E-state index contributed by atoms with van der Waals surface area (Å²) in [5.41, 5.74) is 4.31. The molecule has 148 valence electrons. The largest absolute Gasteiger partial charge is 0.288 e. The van der Waals surface area contributed by atoms with E-state index in [0.29, 0.717) is 16.1 Å². The molecule has 0 radical (unpaired) electrons. The highest BCUT2D eigenvalue weighted by Gasteiger charge is 2.31. The lowest BCUT2D eigenvalue weighted by Gasteiger charge is -2.29. The molecule has 3 aromatic rings. The van der Waals surface area contributed by atoms with Crippen LogP contribution in [0.4, 0.5) is 0 Å². The standard InChI is InChI=1S/C23H15Cl2N3O2/c24-18-12-6-4-10-16(18)14-20-22(29)27-28(21(26-20)15-8-2-1-3-9-15)23(30)17-11-5-7-13-19(17)25/h1-14H,(H,27,29)/b20-14+. The molecule has 0 atom stereocenters. The monoisotopic (exact) mass is 435 g/mol. The van der Waals surface area contributed by atoms with E-state index < -0.39 is 11.8 Å². The number of carbonyl (C=O) groups excluding carboxylic acids is 2. The number of nitrogens with zero attached hydrogens (tertiary/aromatic N) is 2. The number of amides is 2. The molecule has 0 saturated carbocycles. The van der Waals surface area contributed by atoms with E-state index in [1.54, 1.807) is 60.7 Å². The van der Waals surface area contributed by atoms with Crippen LogP contribution in [-0.4, -0.2) is 22.7 Å². The zero-order chi connectivity index (χ0) is 21.1. The van der Waals surface area contributed by atoms with Crippen molar-refractivity contribution in [1.82, 2.24) is 10.4 Å². The highest BCUT2D eigenvalue weighted by molar-refractivity contribution is 6.34. The first-order valence-corrected chi connectivity index (χ1v) is 9.80. The van der Waals surface area contributed by atoms with Gasteiger partial charge in [-0.1, -0.05) is 83.9 Å². The highest BCUT2D eigenvalue weighted by Crippen LogP contribution is 2.23. The Balaban J connectivity index is 1.82. The van der Waals surface area contributed by atoms with Gasteiger partial charge in [0, 0.05) is 10.6 Å². The van der Waals surface area contributed by atoms with Crippen LogP contribution >= 0.6 is 23.2 Å². The molecule has 0 unspecified atom stereocenters. The molecule has 0 aliphatic carbocycles. The van der Waals surface area contributed by atoms with Crippen molar-refractivity contribution in [1.29, 1.82) is 0 Å². The molecule has 0 fully saturated rings. The lowest BCUT2D eigenvalue weighted by atomic mass is 10.1. The lowest BCUT2D eigenvalue weighted by Crippen LogP contribution is -2.53. The quantitative estimate of drug-likeness (QED) is 0.590. The highest BCUT2D eigenvalue weighted by atomic mass is 35.5. The summed E-state index contributed by atoms with van der Waals surface area (Å²) in [4.78, 5) is 30.4. The van der Waals surface area contributed by atoms with Crippen molar-refractivity contribution in [2.24, 2.45) is 4.99 Å². The first-order valence-electron chi connectivity index (χ1n) is 9.05. The second-order valence-corrected chi connectivity index (χ2v) is 7.23. The van der Waals surface area contributed by atoms with E-state index in [2.05, 4.69) is 10.4 Å². The van der Waals surface area contributed by atoms with Gasteiger partial charge in [0.1, 0.15) is 5.70 Å². The number of hydrazine groups is 1. The smallest absolute Gasteiger partial charge is 0.267 e. The third kappa shape index (κ3) is 3.99. The van der Waals surface area contributed by atoms with Gasteiger partial charge in [-0.3, -0.25) is 15.0 Å². The number of nitrogens with one attached hydrogen (secondary N) is 1. The topological polar surface area (TPSA) is 61.8 Å². The molecule has 3 aromatic carbocycles. The van der Waals surface area contributed by atoms with E-state index in [4.69, 9.17) is 23.2 Å². The number of amidine groups is 1. The molecule has 4 rings (SSSR count). The fourth-order valence-corrected chi connectivity index (χ4v) is 3.35. The molecular weight excluding hydrogens is 421 g/mol. The normalized spacial score (nSPS) is 15.0. The van der Waals surface area contributed by atoms with Crippen LogP contribution in [0, 0.1) is 0 Å². The van der Waals surface area contributed by atoms with Gasteiger partial charge in [0.05, 0.1) is 10.6 Å². The van der Waals surface area contributed by atoms with Crippen molar-refractivity contribution < 1.29 is 9.59 Å². The molecule has 30 heavy (non-hydrogen) atoms. The van der Waals surface area contributed by atoms with Crippen LogP contribution in [0.25, 0.3) is 6.08 Å². The number of halogens is 2. The summed E-state index contributed by atoms with van der Waals surface area (Å²) in [7, 11) is 0. The van der Waals surface area contributed by atoms with Crippen LogP contribution < -0.4 is 5.43 Å². The predicted octanol–water partition coefficient (Wildman–Crippen LogP) is 4.97. The third-order valence-corrected chi connectivity index (χ3v) is 5.09. The molecule has 1 heterocycles. The van der Waals surface area contributed by atoms with E-state index in [0.717, 1.165) is 5.01 Å². The van der Waals surface area contributed by atoms with Gasteiger partial charge in [-0.2, -0.15) is 5.01 Å². The molecule has 1 aliphatic heterocycles. The molecule has 2 amide bonds. The van der Waals surface area contributed by atoms with Gasteiger partial charge in [0.15, 0.2) is 5.84 Å². The average Bonchev–Trinajstić information content (AvgIpc) is 2.77. The van der Waals surface area contributed by atoms with Crippen molar-refractivity contribution in [3.63, 3.8) is 0 Å². The number of carbonyl (C=O) groups is 2. The Morgan fingerprint density at radius 3 is 2.20 bits per heavy atom. The zero-order valence-electron chi connectivity index (χ0n) is 15.5. The number of hydrogen-bond acceptors (Lipinski definition) is 3. The fourth-order valence-electron chi connectivity index (χ4n) is 2.95. The second-order valence-electron chi connectivity index (χ2n) is 6.41. The first-order chi connectivity index (χ1) is 14.5. The summed E-state index contributed by atoms with van der Waals surface area (Å²) < 4.78 is 0. The number of hydrogen-bond donors (Lipinski definition) is 1. The Morgan fingerprint density at radius 2 is 1.50 bits per heavy atom. The van der Waals surface area contributed by atoms with Crippen molar-refractivity contribution in [3.05, 3.63) is 111 Å². The molecule has 0 bridgehead atoms. The van der Waals surface area contributed by atoms with E-state index in [-0.39, 0.29) is 22.1 Å². The zero-order valence-corrected chi connectivity index (χ0v) is 17.1. The molecule has 7 heteroatoms. The maximum atomic E-state index is 13.2. The van der Waals surface area contributed by atoms with Crippen molar-refractivity contribution >= 4 is 46.9 Å². The first kappa shape index (κ1) is 19.9. The van der Waals surface area contributed by atoms with Gasteiger partial charge in [0.25, 0.3) is 11.8 Å². The summed E-state index contributed by atoms with van der Waals surface area (Å²) >= 11 is 12.4. The van der Waals surface area contributed by atoms with Crippen molar-refractivity contribution in [3.8, 4) is 0 Å². The maximum absolute atomic E-state index is 13.2. The molecule has 0 aromatic heterocycles. The Bertz CT molecular complexity index is 1190. The third-order valence-electron chi connectivity index (χ3n) is 4.42.